The molecule has 4 unspecified atom stereocenters. The van der Waals surface area contributed by atoms with Crippen molar-refractivity contribution >= 4 is 23.2 Å². The molecule has 0 spiro atoms. The predicted octanol–water partition coefficient (Wildman–Crippen LogP) is 2.16. The minimum Gasteiger partial charge on any atom is -0.481 e. The van der Waals surface area contributed by atoms with Crippen LogP contribution < -0.4 is 0 Å². The highest BCUT2D eigenvalue weighted by Gasteiger charge is 2.52. The molecule has 1 aromatic heterocycles. The summed E-state index contributed by atoms with van der Waals surface area (Å²) in [6, 6.07) is 2.08. The van der Waals surface area contributed by atoms with E-state index in [4.69, 9.17) is 0 Å². The van der Waals surface area contributed by atoms with E-state index >= 15 is 0 Å². The van der Waals surface area contributed by atoms with Gasteiger partial charge in [-0.3, -0.25) is 9.59 Å². The fourth-order valence-corrected chi connectivity index (χ4v) is 5.03. The number of nitrogens with zero attached hydrogens (tertiary/aromatic N) is 1. The van der Waals surface area contributed by atoms with Crippen LogP contribution in [0.3, 0.4) is 0 Å². The van der Waals surface area contributed by atoms with Crippen LogP contribution in [0.2, 0.25) is 0 Å². The van der Waals surface area contributed by atoms with Gasteiger partial charge in [0.15, 0.2) is 0 Å². The van der Waals surface area contributed by atoms with Gasteiger partial charge in [-0.25, -0.2) is 0 Å². The van der Waals surface area contributed by atoms with Gasteiger partial charge in [-0.2, -0.15) is 0 Å². The molecule has 0 aromatic carbocycles. The molecule has 4 rings (SSSR count). The molecule has 1 aromatic rings. The van der Waals surface area contributed by atoms with E-state index in [2.05, 4.69) is 11.4 Å². The molecule has 2 bridgehead atoms. The van der Waals surface area contributed by atoms with Gasteiger partial charge in [-0.1, -0.05) is 12.2 Å². The Morgan fingerprint density at radius 2 is 2.00 bits per heavy atom. The summed E-state index contributed by atoms with van der Waals surface area (Å²) < 4.78 is 0. The molecule has 4 atom stereocenters. The van der Waals surface area contributed by atoms with Crippen LogP contribution in [0.15, 0.2) is 23.6 Å². The lowest BCUT2D eigenvalue weighted by Gasteiger charge is -2.33. The second-order valence-corrected chi connectivity index (χ2v) is 7.22. The molecule has 2 heterocycles. The van der Waals surface area contributed by atoms with Crippen molar-refractivity contribution in [3.63, 3.8) is 0 Å². The fraction of sp³-hybridized carbons (Fsp3) is 0.500. The van der Waals surface area contributed by atoms with Gasteiger partial charge in [0.2, 0.25) is 5.91 Å². The lowest BCUT2D eigenvalue weighted by Crippen LogP contribution is -2.44. The first-order valence-electron chi connectivity index (χ1n) is 7.40. The Morgan fingerprint density at radius 1 is 1.24 bits per heavy atom. The van der Waals surface area contributed by atoms with E-state index in [0.717, 1.165) is 19.4 Å². The van der Waals surface area contributed by atoms with Gasteiger partial charge in [-0.05, 0) is 41.7 Å². The van der Waals surface area contributed by atoms with Crippen molar-refractivity contribution in [1.29, 1.82) is 0 Å². The average molecular weight is 303 g/mol. The van der Waals surface area contributed by atoms with Crippen molar-refractivity contribution in [3.8, 4) is 0 Å². The number of carbonyl (C=O) groups excluding carboxylic acids is 1. The normalized spacial score (nSPS) is 33.2. The van der Waals surface area contributed by atoms with Crippen molar-refractivity contribution in [1.82, 2.24) is 4.90 Å². The standard InChI is InChI=1S/C16H17NO3S/c18-15(17-5-3-12-11(8-17)4-6-21-12)13-9-1-2-10(7-9)14(13)16(19)20/h1-2,4,6,9-10,13-14H,3,5,7-8H2,(H,19,20). The zero-order valence-corrected chi connectivity index (χ0v) is 12.4. The summed E-state index contributed by atoms with van der Waals surface area (Å²) in [6.07, 6.45) is 5.76. The molecule has 1 amide bonds. The van der Waals surface area contributed by atoms with E-state index in [1.54, 1.807) is 11.3 Å². The van der Waals surface area contributed by atoms with Crippen molar-refractivity contribution < 1.29 is 14.7 Å². The van der Waals surface area contributed by atoms with Crippen LogP contribution in [0, 0.1) is 23.7 Å². The molecule has 1 saturated carbocycles. The maximum absolute atomic E-state index is 12.9. The van der Waals surface area contributed by atoms with Crippen molar-refractivity contribution in [2.75, 3.05) is 6.54 Å². The number of carboxylic acid groups (broad SMARTS) is 1. The quantitative estimate of drug-likeness (QED) is 0.852. The highest BCUT2D eigenvalue weighted by atomic mass is 32.1. The SMILES string of the molecule is O=C(O)C1C2C=CC(C2)C1C(=O)N1CCc2sccc2C1. The molecular formula is C16H17NO3S. The first-order valence-corrected chi connectivity index (χ1v) is 8.28. The zero-order valence-electron chi connectivity index (χ0n) is 11.6. The summed E-state index contributed by atoms with van der Waals surface area (Å²) in [5.74, 6) is -1.51. The molecule has 0 saturated heterocycles. The number of hydrogen-bond donors (Lipinski definition) is 1. The molecule has 2 aliphatic carbocycles. The van der Waals surface area contributed by atoms with Gasteiger partial charge in [-0.15, -0.1) is 11.3 Å². The Bertz CT molecular complexity index is 635. The second-order valence-electron chi connectivity index (χ2n) is 6.22. The van der Waals surface area contributed by atoms with E-state index in [0.29, 0.717) is 6.54 Å². The maximum Gasteiger partial charge on any atom is 0.307 e. The minimum absolute atomic E-state index is 0.0381. The van der Waals surface area contributed by atoms with E-state index in [9.17, 15) is 14.7 Å². The maximum atomic E-state index is 12.9. The fourth-order valence-electron chi connectivity index (χ4n) is 4.14. The largest absolute Gasteiger partial charge is 0.481 e. The van der Waals surface area contributed by atoms with Gasteiger partial charge >= 0.3 is 5.97 Å². The van der Waals surface area contributed by atoms with Crippen LogP contribution in [0.25, 0.3) is 0 Å². The van der Waals surface area contributed by atoms with Gasteiger partial charge < -0.3 is 10.0 Å². The average Bonchev–Trinajstić information content (AvgIpc) is 3.19. The number of hydrogen-bond acceptors (Lipinski definition) is 3. The van der Waals surface area contributed by atoms with E-state index < -0.39 is 11.9 Å². The molecule has 110 valence electrons. The molecule has 3 aliphatic rings. The van der Waals surface area contributed by atoms with Crippen LogP contribution in [0.4, 0.5) is 0 Å². The summed E-state index contributed by atoms with van der Waals surface area (Å²) in [6.45, 7) is 1.36. The second kappa shape index (κ2) is 4.70. The molecule has 0 radical (unpaired) electrons. The smallest absolute Gasteiger partial charge is 0.307 e. The predicted molar refractivity (Wildman–Crippen MR) is 78.8 cm³/mol. The van der Waals surface area contributed by atoms with Gasteiger partial charge in [0.25, 0.3) is 0 Å². The molecule has 1 fully saturated rings. The van der Waals surface area contributed by atoms with Crippen molar-refractivity contribution in [2.24, 2.45) is 23.7 Å². The van der Waals surface area contributed by atoms with Crippen molar-refractivity contribution in [3.05, 3.63) is 34.0 Å². The number of allylic oxidation sites excluding steroid dienone is 2. The lowest BCUT2D eigenvalue weighted by molar-refractivity contribution is -0.151. The summed E-state index contributed by atoms with van der Waals surface area (Å²) >= 11 is 1.75. The molecule has 5 heteroatoms. The molecule has 1 N–H and O–H groups in total. The molecular weight excluding hydrogens is 286 g/mol. The lowest BCUT2D eigenvalue weighted by atomic mass is 9.82. The van der Waals surface area contributed by atoms with E-state index in [-0.39, 0.29) is 23.7 Å². The van der Waals surface area contributed by atoms with Crippen LogP contribution >= 0.6 is 11.3 Å². The molecule has 1 aliphatic heterocycles. The van der Waals surface area contributed by atoms with Crippen LogP contribution in [-0.4, -0.2) is 28.4 Å². The number of aliphatic carboxylic acids is 1. The van der Waals surface area contributed by atoms with Crippen LogP contribution in [-0.2, 0) is 22.6 Å². The Hall–Kier alpha value is -1.62. The number of carboxylic acids is 1. The Kier molecular flexibility index (Phi) is 2.92. The summed E-state index contributed by atoms with van der Waals surface area (Å²) in [7, 11) is 0. The number of rotatable bonds is 2. The first kappa shape index (κ1) is 13.1. The Morgan fingerprint density at radius 3 is 2.76 bits per heavy atom. The van der Waals surface area contributed by atoms with Crippen LogP contribution in [0.5, 0.6) is 0 Å². The third-order valence-electron chi connectivity index (χ3n) is 5.15. The number of fused-ring (bicyclic) bond motifs is 3. The van der Waals surface area contributed by atoms with Gasteiger partial charge in [0, 0.05) is 18.0 Å². The van der Waals surface area contributed by atoms with Gasteiger partial charge in [0.1, 0.15) is 0 Å². The zero-order chi connectivity index (χ0) is 14.6. The number of amides is 1. The summed E-state index contributed by atoms with van der Waals surface area (Å²) in [4.78, 5) is 27.6. The monoisotopic (exact) mass is 303 g/mol. The van der Waals surface area contributed by atoms with Crippen LogP contribution in [0.1, 0.15) is 16.9 Å². The molecule has 21 heavy (non-hydrogen) atoms. The minimum atomic E-state index is -0.821. The van der Waals surface area contributed by atoms with E-state index in [1.165, 1.54) is 10.4 Å². The summed E-state index contributed by atoms with van der Waals surface area (Å²) in [5.41, 5.74) is 1.23. The molecule has 4 nitrogen and oxygen atoms in total. The highest BCUT2D eigenvalue weighted by molar-refractivity contribution is 7.10. The number of carbonyl (C=O) groups is 2. The highest BCUT2D eigenvalue weighted by Crippen LogP contribution is 2.49. The Balaban J connectivity index is 1.58. The summed E-state index contributed by atoms with van der Waals surface area (Å²) in [5, 5.41) is 11.5. The van der Waals surface area contributed by atoms with E-state index in [1.807, 2.05) is 17.1 Å². The third kappa shape index (κ3) is 1.94. The first-order chi connectivity index (χ1) is 10.1. The topological polar surface area (TPSA) is 57.6 Å². The number of thiophene rings is 1. The van der Waals surface area contributed by atoms with Crippen molar-refractivity contribution in [2.45, 2.75) is 19.4 Å². The van der Waals surface area contributed by atoms with Gasteiger partial charge in [0.05, 0.1) is 11.8 Å². The third-order valence-corrected chi connectivity index (χ3v) is 6.17. The Labute approximate surface area is 127 Å².